The maximum atomic E-state index is 11.0. The van der Waals surface area contributed by atoms with Crippen LogP contribution in [-0.4, -0.2) is 18.2 Å². The van der Waals surface area contributed by atoms with Gasteiger partial charge >= 0.3 is 5.97 Å². The molecule has 1 aliphatic carbocycles. The maximum absolute atomic E-state index is 11.0. The van der Waals surface area contributed by atoms with Gasteiger partial charge in [-0.05, 0) is 83.3 Å². The van der Waals surface area contributed by atoms with Crippen molar-refractivity contribution in [3.05, 3.63) is 100 Å². The van der Waals surface area contributed by atoms with Gasteiger partial charge < -0.3 is 9.84 Å². The molecular formula is C26H24O3. The first-order chi connectivity index (χ1) is 14.1. The molecular weight excluding hydrogens is 360 g/mol. The van der Waals surface area contributed by atoms with Crippen LogP contribution in [0.2, 0.25) is 0 Å². The van der Waals surface area contributed by atoms with Crippen LogP contribution in [0.5, 0.6) is 5.75 Å². The number of aromatic carboxylic acids is 1. The van der Waals surface area contributed by atoms with Gasteiger partial charge in [-0.15, -0.1) is 0 Å². The summed E-state index contributed by atoms with van der Waals surface area (Å²) in [4.78, 5) is 11.0. The molecule has 3 nitrogen and oxygen atoms in total. The number of aryl methyl sites for hydroxylation is 3. The fourth-order valence-corrected chi connectivity index (χ4v) is 4.05. The molecule has 0 bridgehead atoms. The Balaban J connectivity index is 1.58. The number of carboxylic acid groups (broad SMARTS) is 1. The van der Waals surface area contributed by atoms with Gasteiger partial charge in [0.15, 0.2) is 0 Å². The zero-order valence-electron chi connectivity index (χ0n) is 16.5. The van der Waals surface area contributed by atoms with Crippen molar-refractivity contribution in [3.8, 4) is 5.75 Å². The van der Waals surface area contributed by atoms with Gasteiger partial charge in [-0.25, -0.2) is 4.79 Å². The van der Waals surface area contributed by atoms with Crippen molar-refractivity contribution in [1.82, 2.24) is 0 Å². The number of hydrogen-bond acceptors (Lipinski definition) is 2. The van der Waals surface area contributed by atoms with Crippen LogP contribution in [0.1, 0.15) is 44.6 Å². The van der Waals surface area contributed by atoms with Crippen molar-refractivity contribution in [2.45, 2.75) is 25.7 Å². The van der Waals surface area contributed by atoms with E-state index in [0.29, 0.717) is 5.56 Å². The molecule has 3 aromatic carbocycles. The third-order valence-corrected chi connectivity index (χ3v) is 5.54. The average molecular weight is 384 g/mol. The second-order valence-corrected chi connectivity index (χ2v) is 7.40. The highest BCUT2D eigenvalue weighted by atomic mass is 16.5. The Morgan fingerprint density at radius 3 is 2.55 bits per heavy atom. The molecule has 0 heterocycles. The van der Waals surface area contributed by atoms with Crippen molar-refractivity contribution in [3.63, 3.8) is 0 Å². The maximum Gasteiger partial charge on any atom is 0.335 e. The van der Waals surface area contributed by atoms with E-state index in [2.05, 4.69) is 36.4 Å². The van der Waals surface area contributed by atoms with E-state index in [1.165, 1.54) is 22.3 Å². The minimum atomic E-state index is -0.884. The lowest BCUT2D eigenvalue weighted by Crippen LogP contribution is -1.99. The average Bonchev–Trinajstić information content (AvgIpc) is 3.16. The van der Waals surface area contributed by atoms with E-state index in [0.717, 1.165) is 42.6 Å². The molecule has 0 saturated carbocycles. The molecule has 0 aromatic heterocycles. The van der Waals surface area contributed by atoms with Crippen LogP contribution in [0.4, 0.5) is 0 Å². The van der Waals surface area contributed by atoms with Crippen molar-refractivity contribution >= 4 is 17.6 Å². The van der Waals surface area contributed by atoms with E-state index < -0.39 is 5.97 Å². The second kappa shape index (κ2) is 8.36. The number of allylic oxidation sites excluding steroid dienone is 1. The van der Waals surface area contributed by atoms with Crippen molar-refractivity contribution in [2.75, 3.05) is 7.11 Å². The number of carbonyl (C=O) groups is 1. The van der Waals surface area contributed by atoms with Crippen molar-refractivity contribution < 1.29 is 14.6 Å². The lowest BCUT2D eigenvalue weighted by atomic mass is 9.94. The number of ether oxygens (including phenoxy) is 1. The Bertz CT molecular complexity index is 1060. The monoisotopic (exact) mass is 384 g/mol. The van der Waals surface area contributed by atoms with Crippen molar-refractivity contribution in [1.29, 1.82) is 0 Å². The lowest BCUT2D eigenvalue weighted by Gasteiger charge is -2.11. The minimum Gasteiger partial charge on any atom is -0.497 e. The highest BCUT2D eigenvalue weighted by molar-refractivity contribution is 5.88. The van der Waals surface area contributed by atoms with E-state index in [9.17, 15) is 4.79 Å². The fourth-order valence-electron chi connectivity index (χ4n) is 4.05. The zero-order chi connectivity index (χ0) is 20.2. The number of methoxy groups -OCH3 is 1. The molecule has 0 atom stereocenters. The number of rotatable bonds is 6. The van der Waals surface area contributed by atoms with E-state index in [-0.39, 0.29) is 0 Å². The quantitative estimate of drug-likeness (QED) is 0.596. The summed E-state index contributed by atoms with van der Waals surface area (Å²) in [7, 11) is 1.69. The fraction of sp³-hybridized carbons (Fsp3) is 0.192. The topological polar surface area (TPSA) is 46.5 Å². The van der Waals surface area contributed by atoms with E-state index in [1.807, 2.05) is 24.3 Å². The molecule has 3 heteroatoms. The van der Waals surface area contributed by atoms with Gasteiger partial charge in [0.2, 0.25) is 0 Å². The van der Waals surface area contributed by atoms with E-state index in [4.69, 9.17) is 9.84 Å². The smallest absolute Gasteiger partial charge is 0.335 e. The summed E-state index contributed by atoms with van der Waals surface area (Å²) in [5.41, 5.74) is 8.19. The van der Waals surface area contributed by atoms with Gasteiger partial charge in [0.05, 0.1) is 12.7 Å². The SMILES string of the molecule is COc1cccc(C=C2CCc3cccc(CCc4ccc(C(=O)O)cc4)c32)c1. The van der Waals surface area contributed by atoms with Crippen LogP contribution in [-0.2, 0) is 19.3 Å². The number of benzene rings is 3. The highest BCUT2D eigenvalue weighted by Crippen LogP contribution is 2.37. The first-order valence-corrected chi connectivity index (χ1v) is 9.92. The Labute approximate surface area is 171 Å². The highest BCUT2D eigenvalue weighted by Gasteiger charge is 2.19. The largest absolute Gasteiger partial charge is 0.497 e. The summed E-state index contributed by atoms with van der Waals surface area (Å²) in [5.74, 6) is -0.0135. The summed E-state index contributed by atoms with van der Waals surface area (Å²) in [5, 5.41) is 9.06. The Morgan fingerprint density at radius 2 is 1.79 bits per heavy atom. The summed E-state index contributed by atoms with van der Waals surface area (Å²) < 4.78 is 5.36. The third-order valence-electron chi connectivity index (χ3n) is 5.54. The van der Waals surface area contributed by atoms with Gasteiger partial charge in [0, 0.05) is 0 Å². The van der Waals surface area contributed by atoms with Crippen LogP contribution in [0.25, 0.3) is 11.6 Å². The van der Waals surface area contributed by atoms with Gasteiger partial charge in [0.25, 0.3) is 0 Å². The van der Waals surface area contributed by atoms with Crippen LogP contribution in [0.15, 0.2) is 66.7 Å². The zero-order valence-corrected chi connectivity index (χ0v) is 16.5. The lowest BCUT2D eigenvalue weighted by molar-refractivity contribution is 0.0697. The first kappa shape index (κ1) is 19.0. The molecule has 3 aromatic rings. The molecule has 0 amide bonds. The summed E-state index contributed by atoms with van der Waals surface area (Å²) in [6, 6.07) is 22.0. The Kier molecular flexibility index (Phi) is 5.48. The first-order valence-electron chi connectivity index (χ1n) is 9.92. The van der Waals surface area contributed by atoms with E-state index in [1.54, 1.807) is 19.2 Å². The van der Waals surface area contributed by atoms with Gasteiger partial charge in [0.1, 0.15) is 5.75 Å². The van der Waals surface area contributed by atoms with Crippen LogP contribution in [0.3, 0.4) is 0 Å². The standard InChI is InChI=1S/C26H24O3/c1-29-24-7-2-4-19(17-24)16-23-15-14-21-6-3-5-20(25(21)23)11-8-18-9-12-22(13-10-18)26(27)28/h2-7,9-10,12-13,16-17H,8,11,14-15H2,1H3,(H,27,28). The second-order valence-electron chi connectivity index (χ2n) is 7.40. The Morgan fingerprint density at radius 1 is 1.00 bits per heavy atom. The van der Waals surface area contributed by atoms with Crippen molar-refractivity contribution in [2.24, 2.45) is 0 Å². The van der Waals surface area contributed by atoms with Gasteiger partial charge in [-0.3, -0.25) is 0 Å². The van der Waals surface area contributed by atoms with Crippen LogP contribution in [0, 0.1) is 0 Å². The Hall–Kier alpha value is -3.33. The van der Waals surface area contributed by atoms with Crippen LogP contribution >= 0.6 is 0 Å². The molecule has 0 radical (unpaired) electrons. The molecule has 0 unspecified atom stereocenters. The molecule has 4 rings (SSSR count). The third kappa shape index (κ3) is 4.24. The number of carboxylic acids is 1. The van der Waals surface area contributed by atoms with Gasteiger partial charge in [-0.2, -0.15) is 0 Å². The number of fused-ring (bicyclic) bond motifs is 1. The molecule has 0 aliphatic heterocycles. The summed E-state index contributed by atoms with van der Waals surface area (Å²) in [6.45, 7) is 0. The predicted molar refractivity (Wildman–Crippen MR) is 116 cm³/mol. The molecule has 146 valence electrons. The van der Waals surface area contributed by atoms with Gasteiger partial charge in [-0.1, -0.05) is 48.5 Å². The molecule has 1 aliphatic rings. The molecule has 0 saturated heterocycles. The predicted octanol–water partition coefficient (Wildman–Crippen LogP) is 5.67. The summed E-state index contributed by atoms with van der Waals surface area (Å²) in [6.07, 6.45) is 6.23. The molecule has 1 N–H and O–H groups in total. The van der Waals surface area contributed by atoms with Crippen LogP contribution < -0.4 is 4.74 Å². The summed E-state index contributed by atoms with van der Waals surface area (Å²) >= 11 is 0. The molecule has 0 spiro atoms. The normalized spacial score (nSPS) is 14.0. The molecule has 29 heavy (non-hydrogen) atoms. The number of hydrogen-bond donors (Lipinski definition) is 1. The molecule has 0 fully saturated rings. The minimum absolute atomic E-state index is 0.331. The van der Waals surface area contributed by atoms with E-state index >= 15 is 0 Å².